The van der Waals surface area contributed by atoms with Crippen LogP contribution in [0.15, 0.2) is 24.3 Å². The van der Waals surface area contributed by atoms with Gasteiger partial charge in [-0.1, -0.05) is 24.4 Å². The fourth-order valence-electron chi connectivity index (χ4n) is 1.30. The average Bonchev–Trinajstić information content (AvgIpc) is 2.30. The first-order valence-corrected chi connectivity index (χ1v) is 3.91. The molecule has 0 spiro atoms. The van der Waals surface area contributed by atoms with Crippen molar-refractivity contribution in [2.75, 3.05) is 7.05 Å². The fourth-order valence-corrected chi connectivity index (χ4v) is 1.64. The zero-order chi connectivity index (χ0) is 7.84. The lowest BCUT2D eigenvalue weighted by molar-refractivity contribution is -0.395. The second-order valence-electron chi connectivity index (χ2n) is 2.62. The molecule has 0 aliphatic carbocycles. The zero-order valence-electron chi connectivity index (χ0n) is 6.24. The molecule has 54 valence electrons. The van der Waals surface area contributed by atoms with Gasteiger partial charge in [0.2, 0.25) is 5.69 Å². The molecule has 0 saturated heterocycles. The van der Waals surface area contributed by atoms with E-state index in [9.17, 15) is 0 Å². The molecule has 1 aromatic rings. The number of para-hydroxylation sites is 1. The van der Waals surface area contributed by atoms with Crippen LogP contribution in [0.4, 0.5) is 5.69 Å². The average molecular weight is 162 g/mol. The topological polar surface area (TPSA) is 3.01 Å². The van der Waals surface area contributed by atoms with E-state index in [4.69, 9.17) is 12.2 Å². The van der Waals surface area contributed by atoms with Crippen LogP contribution in [-0.2, 0) is 0 Å². The van der Waals surface area contributed by atoms with Crippen LogP contribution >= 0.6 is 12.2 Å². The van der Waals surface area contributed by atoms with E-state index in [-0.39, 0.29) is 0 Å². The van der Waals surface area contributed by atoms with Gasteiger partial charge in [-0.3, -0.25) is 0 Å². The molecule has 2 heteroatoms. The van der Waals surface area contributed by atoms with Crippen molar-refractivity contribution in [3.63, 3.8) is 0 Å². The number of fused-ring (bicyclic) bond motifs is 1. The summed E-state index contributed by atoms with van der Waals surface area (Å²) in [5, 5.41) is 0. The lowest BCUT2D eigenvalue weighted by atomic mass is 10.1. The van der Waals surface area contributed by atoms with E-state index in [1.807, 2.05) is 25.4 Å². The van der Waals surface area contributed by atoms with Gasteiger partial charge in [-0.25, -0.2) is 0 Å². The molecule has 2 rings (SSSR count). The maximum Gasteiger partial charge on any atom is 0.213 e. The van der Waals surface area contributed by atoms with Crippen LogP contribution in [0.1, 0.15) is 5.56 Å². The van der Waals surface area contributed by atoms with Crippen LogP contribution in [0.5, 0.6) is 0 Å². The quantitative estimate of drug-likeness (QED) is 0.415. The Labute approximate surface area is 71.0 Å². The van der Waals surface area contributed by atoms with E-state index >= 15 is 0 Å². The number of nitrogens with zero attached hydrogens (tertiary/aromatic N) is 1. The van der Waals surface area contributed by atoms with Gasteiger partial charge in [-0.15, -0.1) is 0 Å². The molecule has 11 heavy (non-hydrogen) atoms. The number of rotatable bonds is 0. The van der Waals surface area contributed by atoms with Gasteiger partial charge in [0, 0.05) is 6.07 Å². The Morgan fingerprint density at radius 1 is 1.27 bits per heavy atom. The molecule has 1 heterocycles. The molecule has 1 nitrogen and oxygen atoms in total. The third-order valence-electron chi connectivity index (χ3n) is 1.86. The second kappa shape index (κ2) is 2.24. The van der Waals surface area contributed by atoms with E-state index < -0.39 is 0 Å². The van der Waals surface area contributed by atoms with Gasteiger partial charge in [0.05, 0.1) is 5.56 Å². The third kappa shape index (κ3) is 0.906. The van der Waals surface area contributed by atoms with Gasteiger partial charge in [-0.2, -0.15) is 4.58 Å². The van der Waals surface area contributed by atoms with Crippen molar-refractivity contribution in [2.45, 2.75) is 0 Å². The molecule has 0 amide bonds. The smallest absolute Gasteiger partial charge is 0.200 e. The van der Waals surface area contributed by atoms with E-state index in [0.717, 1.165) is 4.86 Å². The van der Waals surface area contributed by atoms with Crippen molar-refractivity contribution < 1.29 is 4.58 Å². The Balaban J connectivity index is 2.71. The van der Waals surface area contributed by atoms with E-state index in [2.05, 4.69) is 16.7 Å². The molecule has 0 radical (unpaired) electrons. The van der Waals surface area contributed by atoms with Gasteiger partial charge in [-0.05, 0) is 6.07 Å². The van der Waals surface area contributed by atoms with Crippen LogP contribution < -0.4 is 0 Å². The van der Waals surface area contributed by atoms with E-state index in [1.54, 1.807) is 0 Å². The standard InChI is InChI=1S/C9H8NS/c1-10-6-9(11)7-4-2-3-5-8(7)10/h2-6H,1H3/q+1. The van der Waals surface area contributed by atoms with Crippen LogP contribution in [-0.4, -0.2) is 22.7 Å². The highest BCUT2D eigenvalue weighted by atomic mass is 32.1. The summed E-state index contributed by atoms with van der Waals surface area (Å²) in [6, 6.07) is 8.16. The Hall–Kier alpha value is -1.02. The highest BCUT2D eigenvalue weighted by Crippen LogP contribution is 2.21. The van der Waals surface area contributed by atoms with Gasteiger partial charge >= 0.3 is 0 Å². The number of benzene rings is 1. The second-order valence-corrected chi connectivity index (χ2v) is 3.06. The maximum absolute atomic E-state index is 5.15. The molecule has 0 saturated carbocycles. The van der Waals surface area contributed by atoms with E-state index in [0.29, 0.717) is 0 Å². The first-order chi connectivity index (χ1) is 5.29. The molecule has 0 aromatic heterocycles. The van der Waals surface area contributed by atoms with Crippen molar-refractivity contribution >= 4 is 29.0 Å². The van der Waals surface area contributed by atoms with Gasteiger partial charge in [0.15, 0.2) is 6.21 Å². The third-order valence-corrected chi connectivity index (χ3v) is 2.19. The molecule has 1 aromatic carbocycles. The molecular weight excluding hydrogens is 154 g/mol. The number of hydrogen-bond donors (Lipinski definition) is 0. The van der Waals surface area contributed by atoms with Crippen LogP contribution in [0.3, 0.4) is 0 Å². The predicted molar refractivity (Wildman–Crippen MR) is 50.1 cm³/mol. The molecular formula is C9H8NS+. The number of thiocarbonyl (C=S) groups is 1. The van der Waals surface area contributed by atoms with E-state index in [1.165, 1.54) is 11.3 Å². The Kier molecular flexibility index (Phi) is 1.36. The molecule has 0 unspecified atom stereocenters. The first-order valence-electron chi connectivity index (χ1n) is 3.50. The van der Waals surface area contributed by atoms with Crippen molar-refractivity contribution in [3.05, 3.63) is 29.8 Å². The van der Waals surface area contributed by atoms with Crippen molar-refractivity contribution in [2.24, 2.45) is 0 Å². The summed E-state index contributed by atoms with van der Waals surface area (Å²) in [5.74, 6) is 0. The minimum Gasteiger partial charge on any atom is -0.200 e. The molecule has 0 atom stereocenters. The van der Waals surface area contributed by atoms with Gasteiger partial charge in [0.25, 0.3) is 0 Å². The molecule has 1 aliphatic rings. The van der Waals surface area contributed by atoms with Crippen molar-refractivity contribution in [1.29, 1.82) is 0 Å². The fraction of sp³-hybridized carbons (Fsp3) is 0.111. The SMILES string of the molecule is C[N+]1=CC(=S)c2ccccc21. The monoisotopic (exact) mass is 162 g/mol. The summed E-state index contributed by atoms with van der Waals surface area (Å²) in [6.07, 6.45) is 1.97. The molecule has 0 N–H and O–H groups in total. The normalized spacial score (nSPS) is 14.6. The predicted octanol–water partition coefficient (Wildman–Crippen LogP) is 1.76. The summed E-state index contributed by atoms with van der Waals surface area (Å²) in [7, 11) is 2.01. The summed E-state index contributed by atoms with van der Waals surface area (Å²) in [6.45, 7) is 0. The summed E-state index contributed by atoms with van der Waals surface area (Å²) in [5.41, 5.74) is 2.38. The molecule has 1 aliphatic heterocycles. The summed E-state index contributed by atoms with van der Waals surface area (Å²) < 4.78 is 2.05. The first kappa shape index (κ1) is 6.68. The highest BCUT2D eigenvalue weighted by Gasteiger charge is 2.21. The summed E-state index contributed by atoms with van der Waals surface area (Å²) >= 11 is 5.15. The van der Waals surface area contributed by atoms with Crippen LogP contribution in [0, 0.1) is 0 Å². The molecule has 0 bridgehead atoms. The Morgan fingerprint density at radius 3 is 2.73 bits per heavy atom. The minimum absolute atomic E-state index is 0.933. The van der Waals surface area contributed by atoms with Crippen LogP contribution in [0.2, 0.25) is 0 Å². The largest absolute Gasteiger partial charge is 0.213 e. The van der Waals surface area contributed by atoms with Crippen LogP contribution in [0.25, 0.3) is 0 Å². The zero-order valence-corrected chi connectivity index (χ0v) is 7.06. The van der Waals surface area contributed by atoms with Gasteiger partial charge in [0.1, 0.15) is 11.9 Å². The Morgan fingerprint density at radius 2 is 2.00 bits per heavy atom. The van der Waals surface area contributed by atoms with Crippen molar-refractivity contribution in [3.8, 4) is 0 Å². The lowest BCUT2D eigenvalue weighted by Crippen LogP contribution is -1.94. The Bertz CT molecular complexity index is 352. The molecule has 0 fully saturated rings. The van der Waals surface area contributed by atoms with Gasteiger partial charge < -0.3 is 0 Å². The maximum atomic E-state index is 5.15. The minimum atomic E-state index is 0.933. The number of hydrogen-bond acceptors (Lipinski definition) is 1. The lowest BCUT2D eigenvalue weighted by Gasteiger charge is -1.91. The summed E-state index contributed by atoms with van der Waals surface area (Å²) in [4.78, 5) is 0.933. The van der Waals surface area contributed by atoms with Crippen molar-refractivity contribution in [1.82, 2.24) is 0 Å². The highest BCUT2D eigenvalue weighted by molar-refractivity contribution is 7.82.